The number of aryl methyl sites for hydroxylation is 1. The predicted octanol–water partition coefficient (Wildman–Crippen LogP) is 1.13. The maximum absolute atomic E-state index is 12.8. The van der Waals surface area contributed by atoms with Crippen molar-refractivity contribution in [1.29, 1.82) is 5.26 Å². The fraction of sp³-hybridized carbons (Fsp3) is 0.632. The Hall–Kier alpha value is -2.17. The van der Waals surface area contributed by atoms with Crippen LogP contribution in [-0.2, 0) is 4.74 Å². The SMILES string of the molecule is Cc1[nH]c(=O)c(C#N)cc1C(=O)N1CCC([C@@H](C)N2CCOCC2)CC1. The number of rotatable bonds is 3. The Morgan fingerprint density at radius 2 is 1.96 bits per heavy atom. The van der Waals surface area contributed by atoms with E-state index < -0.39 is 5.56 Å². The Balaban J connectivity index is 1.64. The number of morpholine rings is 1. The summed E-state index contributed by atoms with van der Waals surface area (Å²) in [5, 5.41) is 9.04. The number of H-pyrrole nitrogens is 1. The van der Waals surface area contributed by atoms with Crippen LogP contribution in [0.1, 0.15) is 41.4 Å². The van der Waals surface area contributed by atoms with Crippen LogP contribution in [0, 0.1) is 24.2 Å². The number of carbonyl (C=O) groups is 1. The third-order valence-corrected chi connectivity index (χ3v) is 5.72. The maximum Gasteiger partial charge on any atom is 0.266 e. The van der Waals surface area contributed by atoms with Crippen LogP contribution in [0.4, 0.5) is 0 Å². The van der Waals surface area contributed by atoms with E-state index in [9.17, 15) is 9.59 Å². The monoisotopic (exact) mass is 358 g/mol. The quantitative estimate of drug-likeness (QED) is 0.875. The van der Waals surface area contributed by atoms with E-state index in [1.807, 2.05) is 11.0 Å². The molecule has 0 bridgehead atoms. The third-order valence-electron chi connectivity index (χ3n) is 5.72. The lowest BCUT2D eigenvalue weighted by Crippen LogP contribution is -2.49. The third kappa shape index (κ3) is 3.81. The topological polar surface area (TPSA) is 89.4 Å². The van der Waals surface area contributed by atoms with E-state index in [-0.39, 0.29) is 11.5 Å². The van der Waals surface area contributed by atoms with Gasteiger partial charge in [0.25, 0.3) is 11.5 Å². The normalized spacial score (nSPS) is 20.6. The number of nitrogens with one attached hydrogen (secondary N) is 1. The van der Waals surface area contributed by atoms with Crippen molar-refractivity contribution in [2.75, 3.05) is 39.4 Å². The highest BCUT2D eigenvalue weighted by molar-refractivity contribution is 5.95. The first-order valence-electron chi connectivity index (χ1n) is 9.26. The number of aromatic nitrogens is 1. The standard InChI is InChI=1S/C19H26N4O3/c1-13-17(11-16(12-20)18(24)21-13)19(25)23-5-3-15(4-6-23)14(2)22-7-9-26-10-8-22/h11,14-15H,3-10H2,1-2H3,(H,21,24)/t14-/m1/s1. The van der Waals surface area contributed by atoms with Crippen molar-refractivity contribution in [3.05, 3.63) is 33.2 Å². The first-order chi connectivity index (χ1) is 12.5. The Labute approximate surface area is 153 Å². The van der Waals surface area contributed by atoms with Gasteiger partial charge in [0.15, 0.2) is 0 Å². The van der Waals surface area contributed by atoms with Gasteiger partial charge in [-0.3, -0.25) is 14.5 Å². The second kappa shape index (κ2) is 8.02. The zero-order chi connectivity index (χ0) is 18.7. The van der Waals surface area contributed by atoms with Gasteiger partial charge < -0.3 is 14.6 Å². The van der Waals surface area contributed by atoms with E-state index in [1.54, 1.807) is 6.92 Å². The van der Waals surface area contributed by atoms with Gasteiger partial charge in [0, 0.05) is 37.9 Å². The summed E-state index contributed by atoms with van der Waals surface area (Å²) in [7, 11) is 0. The average molecular weight is 358 g/mol. The number of aromatic amines is 1. The number of likely N-dealkylation sites (tertiary alicyclic amines) is 1. The zero-order valence-corrected chi connectivity index (χ0v) is 15.5. The van der Waals surface area contributed by atoms with Crippen LogP contribution in [0.2, 0.25) is 0 Å². The minimum atomic E-state index is -0.445. The molecule has 0 saturated carbocycles. The van der Waals surface area contributed by atoms with Crippen molar-refractivity contribution >= 4 is 5.91 Å². The number of hydrogen-bond donors (Lipinski definition) is 1. The first kappa shape index (κ1) is 18.6. The Morgan fingerprint density at radius 3 is 2.58 bits per heavy atom. The molecule has 140 valence electrons. The lowest BCUT2D eigenvalue weighted by molar-refractivity contribution is -0.000957. The molecule has 1 aromatic heterocycles. The van der Waals surface area contributed by atoms with Crippen molar-refractivity contribution < 1.29 is 9.53 Å². The summed E-state index contributed by atoms with van der Waals surface area (Å²) in [5.74, 6) is 0.469. The highest BCUT2D eigenvalue weighted by Gasteiger charge is 2.31. The van der Waals surface area contributed by atoms with Gasteiger partial charge in [-0.15, -0.1) is 0 Å². The van der Waals surface area contributed by atoms with Crippen molar-refractivity contribution in [1.82, 2.24) is 14.8 Å². The lowest BCUT2D eigenvalue weighted by atomic mass is 9.89. The van der Waals surface area contributed by atoms with Gasteiger partial charge in [-0.1, -0.05) is 0 Å². The summed E-state index contributed by atoms with van der Waals surface area (Å²) in [6.45, 7) is 8.95. The van der Waals surface area contributed by atoms with E-state index >= 15 is 0 Å². The molecule has 0 spiro atoms. The minimum absolute atomic E-state index is 0.0187. The number of carbonyl (C=O) groups excluding carboxylic acids is 1. The predicted molar refractivity (Wildman–Crippen MR) is 97.0 cm³/mol. The molecule has 7 nitrogen and oxygen atoms in total. The molecule has 3 rings (SSSR count). The summed E-state index contributed by atoms with van der Waals surface area (Å²) in [4.78, 5) is 31.4. The smallest absolute Gasteiger partial charge is 0.266 e. The van der Waals surface area contributed by atoms with Gasteiger partial charge in [0.1, 0.15) is 11.6 Å². The molecule has 2 fully saturated rings. The Morgan fingerprint density at radius 1 is 1.31 bits per heavy atom. The number of ether oxygens (including phenoxy) is 1. The first-order valence-corrected chi connectivity index (χ1v) is 9.26. The molecule has 2 aliphatic heterocycles. The molecule has 2 saturated heterocycles. The number of hydrogen-bond acceptors (Lipinski definition) is 5. The number of nitrogens with zero attached hydrogens (tertiary/aromatic N) is 3. The van der Waals surface area contributed by atoms with E-state index in [0.29, 0.717) is 36.3 Å². The van der Waals surface area contributed by atoms with Gasteiger partial charge in [-0.05, 0) is 38.7 Å². The molecule has 1 N–H and O–H groups in total. The molecular formula is C19H26N4O3. The number of piperidine rings is 1. The molecule has 7 heteroatoms. The fourth-order valence-corrected chi connectivity index (χ4v) is 3.97. The van der Waals surface area contributed by atoms with Crippen LogP contribution in [0.25, 0.3) is 0 Å². The highest BCUT2D eigenvalue weighted by Crippen LogP contribution is 2.25. The van der Waals surface area contributed by atoms with Crippen molar-refractivity contribution in [3.8, 4) is 6.07 Å². The van der Waals surface area contributed by atoms with Gasteiger partial charge in [-0.25, -0.2) is 0 Å². The second-order valence-corrected chi connectivity index (χ2v) is 7.18. The van der Waals surface area contributed by atoms with Gasteiger partial charge in [0.05, 0.1) is 18.8 Å². The van der Waals surface area contributed by atoms with E-state index in [0.717, 1.165) is 39.1 Å². The summed E-state index contributed by atoms with van der Waals surface area (Å²) in [6, 6.07) is 3.76. The molecule has 0 unspecified atom stereocenters. The van der Waals surface area contributed by atoms with Crippen LogP contribution in [0.15, 0.2) is 10.9 Å². The molecule has 0 radical (unpaired) electrons. The van der Waals surface area contributed by atoms with E-state index in [1.165, 1.54) is 6.07 Å². The molecule has 0 aliphatic carbocycles. The van der Waals surface area contributed by atoms with Gasteiger partial charge in [-0.2, -0.15) is 5.26 Å². The van der Waals surface area contributed by atoms with Crippen LogP contribution in [0.3, 0.4) is 0 Å². The van der Waals surface area contributed by atoms with Crippen LogP contribution >= 0.6 is 0 Å². The lowest BCUT2D eigenvalue weighted by Gasteiger charge is -2.41. The van der Waals surface area contributed by atoms with Gasteiger partial charge in [0.2, 0.25) is 0 Å². The van der Waals surface area contributed by atoms with E-state index in [4.69, 9.17) is 10.00 Å². The summed E-state index contributed by atoms with van der Waals surface area (Å²) in [5.41, 5.74) is 0.470. The fourth-order valence-electron chi connectivity index (χ4n) is 3.97. The Kier molecular flexibility index (Phi) is 5.74. The van der Waals surface area contributed by atoms with Gasteiger partial charge >= 0.3 is 0 Å². The molecular weight excluding hydrogens is 332 g/mol. The molecule has 26 heavy (non-hydrogen) atoms. The molecule has 1 amide bonds. The van der Waals surface area contributed by atoms with Crippen molar-refractivity contribution in [2.24, 2.45) is 5.92 Å². The Bertz CT molecular complexity index is 753. The van der Waals surface area contributed by atoms with E-state index in [2.05, 4.69) is 16.8 Å². The number of pyridine rings is 1. The molecule has 2 aliphatic rings. The van der Waals surface area contributed by atoms with Crippen LogP contribution < -0.4 is 5.56 Å². The van der Waals surface area contributed by atoms with Crippen molar-refractivity contribution in [2.45, 2.75) is 32.7 Å². The molecule has 0 aromatic carbocycles. The minimum Gasteiger partial charge on any atom is -0.379 e. The highest BCUT2D eigenvalue weighted by atomic mass is 16.5. The van der Waals surface area contributed by atoms with Crippen LogP contribution in [0.5, 0.6) is 0 Å². The largest absolute Gasteiger partial charge is 0.379 e. The summed E-state index contributed by atoms with van der Waals surface area (Å²) < 4.78 is 5.43. The van der Waals surface area contributed by atoms with Crippen molar-refractivity contribution in [3.63, 3.8) is 0 Å². The molecule has 3 heterocycles. The maximum atomic E-state index is 12.8. The number of nitriles is 1. The molecule has 1 atom stereocenters. The number of amides is 1. The van der Waals surface area contributed by atoms with Crippen LogP contribution in [-0.4, -0.2) is 66.1 Å². The second-order valence-electron chi connectivity index (χ2n) is 7.18. The zero-order valence-electron chi connectivity index (χ0n) is 15.5. The summed E-state index contributed by atoms with van der Waals surface area (Å²) >= 11 is 0. The summed E-state index contributed by atoms with van der Waals surface area (Å²) in [6.07, 6.45) is 1.94. The molecule has 1 aromatic rings. The average Bonchev–Trinajstić information content (AvgIpc) is 2.68.